The summed E-state index contributed by atoms with van der Waals surface area (Å²) < 4.78 is 48.4. The third-order valence-corrected chi connectivity index (χ3v) is 5.58. The number of halogens is 3. The molecule has 0 amide bonds. The number of ether oxygens (including phenoxy) is 1. The van der Waals surface area contributed by atoms with Crippen LogP contribution in [0.15, 0.2) is 54.9 Å². The van der Waals surface area contributed by atoms with Gasteiger partial charge in [0.15, 0.2) is 11.6 Å². The molecule has 0 aliphatic carbocycles. The molecule has 0 spiro atoms. The van der Waals surface area contributed by atoms with Crippen LogP contribution in [0, 0.1) is 28.8 Å². The molecule has 0 saturated carbocycles. The lowest BCUT2D eigenvalue weighted by Crippen LogP contribution is -1.99. The average Bonchev–Trinajstić information content (AvgIpc) is 2.84. The van der Waals surface area contributed by atoms with Gasteiger partial charge >= 0.3 is 0 Å². The molecule has 0 atom stereocenters. The van der Waals surface area contributed by atoms with Gasteiger partial charge in [-0.15, -0.1) is 0 Å². The molecule has 172 valence electrons. The Bertz CT molecular complexity index is 1340. The van der Waals surface area contributed by atoms with Crippen LogP contribution in [0.2, 0.25) is 0 Å². The molecule has 1 aromatic heterocycles. The highest BCUT2D eigenvalue weighted by molar-refractivity contribution is 5.87. The van der Waals surface area contributed by atoms with E-state index < -0.39 is 17.2 Å². The van der Waals surface area contributed by atoms with E-state index in [0.717, 1.165) is 30.5 Å². The SMILES string of the molecule is CCCCOc1cnc(-c2ccc3c(F)c(CCc4cc(F)c(C#N)c(F)c4)ccc3c2)nc1. The maximum atomic E-state index is 15.1. The van der Waals surface area contributed by atoms with Gasteiger partial charge in [0.1, 0.15) is 29.1 Å². The minimum Gasteiger partial charge on any atom is -0.490 e. The molecular formula is C27H22F3N3O. The highest BCUT2D eigenvalue weighted by Gasteiger charge is 2.13. The number of rotatable bonds is 8. The Hall–Kier alpha value is -3.92. The number of benzene rings is 3. The number of aromatic nitrogens is 2. The first kappa shape index (κ1) is 23.2. The largest absolute Gasteiger partial charge is 0.490 e. The van der Waals surface area contributed by atoms with Gasteiger partial charge in [-0.25, -0.2) is 23.1 Å². The number of hydrogen-bond acceptors (Lipinski definition) is 4. The van der Waals surface area contributed by atoms with E-state index in [1.54, 1.807) is 36.7 Å². The summed E-state index contributed by atoms with van der Waals surface area (Å²) in [6.07, 6.45) is 5.75. The van der Waals surface area contributed by atoms with Crippen LogP contribution in [0.5, 0.6) is 5.75 Å². The lowest BCUT2D eigenvalue weighted by atomic mass is 9.98. The third-order valence-electron chi connectivity index (χ3n) is 5.58. The van der Waals surface area contributed by atoms with Crippen LogP contribution in [-0.2, 0) is 12.8 Å². The van der Waals surface area contributed by atoms with E-state index in [9.17, 15) is 8.78 Å². The molecule has 7 heteroatoms. The topological polar surface area (TPSA) is 58.8 Å². The van der Waals surface area contributed by atoms with Gasteiger partial charge in [0, 0.05) is 10.9 Å². The second kappa shape index (κ2) is 10.3. The van der Waals surface area contributed by atoms with E-state index in [2.05, 4.69) is 16.9 Å². The Balaban J connectivity index is 1.51. The van der Waals surface area contributed by atoms with Crippen molar-refractivity contribution >= 4 is 10.8 Å². The highest BCUT2D eigenvalue weighted by atomic mass is 19.1. The van der Waals surface area contributed by atoms with Crippen LogP contribution in [0.3, 0.4) is 0 Å². The maximum Gasteiger partial charge on any atom is 0.159 e. The van der Waals surface area contributed by atoms with Crippen molar-refractivity contribution in [3.8, 4) is 23.2 Å². The van der Waals surface area contributed by atoms with Crippen LogP contribution in [0.25, 0.3) is 22.2 Å². The minimum atomic E-state index is -0.910. The van der Waals surface area contributed by atoms with Gasteiger partial charge in [0.25, 0.3) is 0 Å². The zero-order valence-corrected chi connectivity index (χ0v) is 18.6. The second-order valence-corrected chi connectivity index (χ2v) is 7.97. The van der Waals surface area contributed by atoms with Gasteiger partial charge in [-0.2, -0.15) is 5.26 Å². The highest BCUT2D eigenvalue weighted by Crippen LogP contribution is 2.27. The van der Waals surface area contributed by atoms with Crippen LogP contribution in [0.4, 0.5) is 13.2 Å². The lowest BCUT2D eigenvalue weighted by Gasteiger charge is -2.09. The van der Waals surface area contributed by atoms with Gasteiger partial charge in [-0.3, -0.25) is 0 Å². The van der Waals surface area contributed by atoms with Crippen LogP contribution in [-0.4, -0.2) is 16.6 Å². The number of aryl methyl sites for hydroxylation is 2. The molecule has 0 bridgehead atoms. The molecule has 34 heavy (non-hydrogen) atoms. The zero-order valence-electron chi connectivity index (χ0n) is 18.6. The summed E-state index contributed by atoms with van der Waals surface area (Å²) in [6.45, 7) is 2.71. The molecule has 0 saturated heterocycles. The summed E-state index contributed by atoms with van der Waals surface area (Å²) in [5.74, 6) is -1.08. The smallest absolute Gasteiger partial charge is 0.159 e. The van der Waals surface area contributed by atoms with Crippen molar-refractivity contribution < 1.29 is 17.9 Å². The Morgan fingerprint density at radius 3 is 2.35 bits per heavy atom. The van der Waals surface area contributed by atoms with Crippen molar-refractivity contribution in [1.29, 1.82) is 5.26 Å². The monoisotopic (exact) mass is 461 g/mol. The van der Waals surface area contributed by atoms with Crippen LogP contribution < -0.4 is 4.74 Å². The van der Waals surface area contributed by atoms with Crippen LogP contribution in [0.1, 0.15) is 36.5 Å². The standard InChI is InChI=1S/C27H22F3N3O/c1-2-3-10-34-21-15-32-27(33-16-21)20-8-9-22-19(13-20)7-6-18(26(22)30)5-4-17-11-24(28)23(14-31)25(29)12-17/h6-9,11-13,15-16H,2-5,10H2,1H3. The first-order valence-corrected chi connectivity index (χ1v) is 11.0. The molecule has 4 aromatic rings. The average molecular weight is 461 g/mol. The van der Waals surface area contributed by atoms with Crippen molar-refractivity contribution in [2.75, 3.05) is 6.61 Å². The molecular weight excluding hydrogens is 439 g/mol. The first-order valence-electron chi connectivity index (χ1n) is 11.0. The number of unbranched alkanes of at least 4 members (excludes halogenated alkanes) is 1. The Kier molecular flexibility index (Phi) is 7.07. The molecule has 1 heterocycles. The van der Waals surface area contributed by atoms with E-state index in [-0.39, 0.29) is 18.7 Å². The van der Waals surface area contributed by atoms with Crippen molar-refractivity contribution in [3.63, 3.8) is 0 Å². The number of nitriles is 1. The van der Waals surface area contributed by atoms with E-state index in [4.69, 9.17) is 10.00 Å². The summed E-state index contributed by atoms with van der Waals surface area (Å²) in [6, 6.07) is 12.5. The fourth-order valence-electron chi connectivity index (χ4n) is 3.70. The predicted octanol–water partition coefficient (Wildman–Crippen LogP) is 6.55. The second-order valence-electron chi connectivity index (χ2n) is 7.97. The molecule has 0 N–H and O–H groups in total. The van der Waals surface area contributed by atoms with Gasteiger partial charge in [-0.05, 0) is 54.0 Å². The van der Waals surface area contributed by atoms with Crippen molar-refractivity contribution in [1.82, 2.24) is 9.97 Å². The summed E-state index contributed by atoms with van der Waals surface area (Å²) in [4.78, 5) is 8.71. The lowest BCUT2D eigenvalue weighted by molar-refractivity contribution is 0.307. The van der Waals surface area contributed by atoms with E-state index >= 15 is 4.39 Å². The molecule has 0 fully saturated rings. The normalized spacial score (nSPS) is 10.9. The van der Waals surface area contributed by atoms with E-state index in [1.807, 2.05) is 6.07 Å². The third kappa shape index (κ3) is 5.01. The molecule has 0 radical (unpaired) electrons. The van der Waals surface area contributed by atoms with E-state index in [1.165, 1.54) is 6.07 Å². The zero-order chi connectivity index (χ0) is 24.1. The number of hydrogen-bond donors (Lipinski definition) is 0. The molecule has 0 aliphatic heterocycles. The predicted molar refractivity (Wildman–Crippen MR) is 124 cm³/mol. The van der Waals surface area contributed by atoms with Crippen molar-refractivity contribution in [3.05, 3.63) is 89.0 Å². The number of nitrogens with zero attached hydrogens (tertiary/aromatic N) is 3. The van der Waals surface area contributed by atoms with Crippen molar-refractivity contribution in [2.24, 2.45) is 0 Å². The Labute approximate surface area is 195 Å². The van der Waals surface area contributed by atoms with Gasteiger partial charge in [0.2, 0.25) is 0 Å². The first-order chi connectivity index (χ1) is 16.5. The Morgan fingerprint density at radius 2 is 1.68 bits per heavy atom. The molecule has 4 rings (SSSR count). The fraction of sp³-hybridized carbons (Fsp3) is 0.222. The Morgan fingerprint density at radius 1 is 0.941 bits per heavy atom. The van der Waals surface area contributed by atoms with Gasteiger partial charge < -0.3 is 4.74 Å². The van der Waals surface area contributed by atoms with Gasteiger partial charge in [0.05, 0.1) is 19.0 Å². The fourth-order valence-corrected chi connectivity index (χ4v) is 3.70. The summed E-state index contributed by atoms with van der Waals surface area (Å²) in [7, 11) is 0. The molecule has 3 aromatic carbocycles. The number of fused-ring (bicyclic) bond motifs is 1. The maximum absolute atomic E-state index is 15.1. The van der Waals surface area contributed by atoms with Gasteiger partial charge in [-0.1, -0.05) is 37.6 Å². The summed E-state index contributed by atoms with van der Waals surface area (Å²) >= 11 is 0. The molecule has 0 aliphatic rings. The van der Waals surface area contributed by atoms with Crippen LogP contribution >= 0.6 is 0 Å². The quantitative estimate of drug-likeness (QED) is 0.279. The van der Waals surface area contributed by atoms with Crippen molar-refractivity contribution in [2.45, 2.75) is 32.6 Å². The summed E-state index contributed by atoms with van der Waals surface area (Å²) in [5.41, 5.74) is 0.945. The van der Waals surface area contributed by atoms with E-state index in [0.29, 0.717) is 40.1 Å². The molecule has 4 nitrogen and oxygen atoms in total. The molecule has 0 unspecified atom stereocenters. The minimum absolute atomic E-state index is 0.237. The summed E-state index contributed by atoms with van der Waals surface area (Å²) in [5, 5.41) is 9.92.